The van der Waals surface area contributed by atoms with Crippen LogP contribution in [0.2, 0.25) is 5.02 Å². The van der Waals surface area contributed by atoms with Crippen LogP contribution in [0, 0.1) is 0 Å². The molecule has 0 aliphatic carbocycles. The van der Waals surface area contributed by atoms with Gasteiger partial charge in [0.1, 0.15) is 0 Å². The minimum absolute atomic E-state index is 0.0687. The molecule has 0 atom stereocenters. The van der Waals surface area contributed by atoms with Crippen molar-refractivity contribution in [1.82, 2.24) is 15.2 Å². The van der Waals surface area contributed by atoms with Gasteiger partial charge in [0, 0.05) is 30.2 Å². The molecule has 0 saturated carbocycles. The Bertz CT molecular complexity index is 879. The molecule has 25 heavy (non-hydrogen) atoms. The van der Waals surface area contributed by atoms with Crippen molar-refractivity contribution < 1.29 is 18.0 Å². The molecule has 2 N–H and O–H groups in total. The van der Waals surface area contributed by atoms with E-state index in [0.717, 1.165) is 4.31 Å². The Morgan fingerprint density at radius 1 is 0.840 bits per heavy atom. The lowest BCUT2D eigenvalue weighted by Gasteiger charge is -2.12. The Balaban J connectivity index is 2.01. The maximum absolute atomic E-state index is 12.0. The molecule has 9 heteroatoms. The fourth-order valence-corrected chi connectivity index (χ4v) is 2.88. The molecule has 2 rings (SSSR count). The summed E-state index contributed by atoms with van der Waals surface area (Å²) in [5.41, 5.74) is 5.07. The van der Waals surface area contributed by atoms with Gasteiger partial charge in [0.05, 0.1) is 4.90 Å². The van der Waals surface area contributed by atoms with E-state index in [4.69, 9.17) is 11.6 Å². The van der Waals surface area contributed by atoms with Gasteiger partial charge in [0.25, 0.3) is 11.8 Å². The van der Waals surface area contributed by atoms with Crippen molar-refractivity contribution in [1.29, 1.82) is 0 Å². The first-order chi connectivity index (χ1) is 11.7. The van der Waals surface area contributed by atoms with E-state index in [1.165, 1.54) is 50.5 Å². The molecule has 7 nitrogen and oxygen atoms in total. The Hall–Kier alpha value is -2.42. The zero-order valence-electron chi connectivity index (χ0n) is 13.5. The molecule has 0 saturated heterocycles. The lowest BCUT2D eigenvalue weighted by molar-refractivity contribution is 0.0846. The van der Waals surface area contributed by atoms with Gasteiger partial charge < -0.3 is 0 Å². The highest BCUT2D eigenvalue weighted by Gasteiger charge is 2.17. The van der Waals surface area contributed by atoms with Gasteiger partial charge >= 0.3 is 0 Å². The van der Waals surface area contributed by atoms with Crippen LogP contribution in [0.3, 0.4) is 0 Å². The summed E-state index contributed by atoms with van der Waals surface area (Å²) in [6.07, 6.45) is 0. The lowest BCUT2D eigenvalue weighted by Crippen LogP contribution is -2.41. The number of benzene rings is 2. The van der Waals surface area contributed by atoms with E-state index < -0.39 is 21.8 Å². The molecule has 0 unspecified atom stereocenters. The molecule has 0 aromatic heterocycles. The van der Waals surface area contributed by atoms with Gasteiger partial charge in [-0.3, -0.25) is 20.4 Å². The van der Waals surface area contributed by atoms with Crippen molar-refractivity contribution in [2.24, 2.45) is 0 Å². The van der Waals surface area contributed by atoms with Crippen molar-refractivity contribution in [2.75, 3.05) is 14.1 Å². The summed E-state index contributed by atoms with van der Waals surface area (Å²) in [5.74, 6) is -1.08. The quantitative estimate of drug-likeness (QED) is 0.787. The Morgan fingerprint density at radius 2 is 1.24 bits per heavy atom. The van der Waals surface area contributed by atoms with Crippen molar-refractivity contribution in [3.8, 4) is 0 Å². The number of sulfonamides is 1. The summed E-state index contributed by atoms with van der Waals surface area (Å²) in [6.45, 7) is 0. The molecule has 0 heterocycles. The van der Waals surface area contributed by atoms with E-state index in [9.17, 15) is 18.0 Å². The van der Waals surface area contributed by atoms with E-state index in [0.29, 0.717) is 10.6 Å². The van der Waals surface area contributed by atoms with Crippen molar-refractivity contribution >= 4 is 33.4 Å². The number of hydrogen-bond acceptors (Lipinski definition) is 4. The molecule has 0 spiro atoms. The molecule has 0 aliphatic heterocycles. The van der Waals surface area contributed by atoms with E-state index >= 15 is 0 Å². The molecule has 132 valence electrons. The SMILES string of the molecule is CN(C)S(=O)(=O)c1ccc(C(=O)NNC(=O)c2ccc(Cl)cc2)cc1. The molecule has 2 aromatic carbocycles. The molecule has 0 aliphatic rings. The van der Waals surface area contributed by atoms with Crippen LogP contribution in [-0.2, 0) is 10.0 Å². The summed E-state index contributed by atoms with van der Waals surface area (Å²) >= 11 is 5.74. The lowest BCUT2D eigenvalue weighted by atomic mass is 10.2. The second-order valence-corrected chi connectivity index (χ2v) is 7.82. The van der Waals surface area contributed by atoms with Crippen molar-refractivity contribution in [3.63, 3.8) is 0 Å². The molecule has 0 bridgehead atoms. The fraction of sp³-hybridized carbons (Fsp3) is 0.125. The third-order valence-electron chi connectivity index (χ3n) is 3.29. The number of hydrazine groups is 1. The summed E-state index contributed by atoms with van der Waals surface area (Å²) in [6, 6.07) is 11.5. The highest BCUT2D eigenvalue weighted by atomic mass is 35.5. The summed E-state index contributed by atoms with van der Waals surface area (Å²) in [7, 11) is -0.726. The average Bonchev–Trinajstić information content (AvgIpc) is 2.60. The van der Waals surface area contributed by atoms with Crippen LogP contribution in [-0.4, -0.2) is 38.6 Å². The van der Waals surface area contributed by atoms with Gasteiger partial charge in [0.15, 0.2) is 0 Å². The fourth-order valence-electron chi connectivity index (χ4n) is 1.85. The van der Waals surface area contributed by atoms with E-state index in [-0.39, 0.29) is 10.5 Å². The number of nitrogens with zero attached hydrogens (tertiary/aromatic N) is 1. The largest absolute Gasteiger partial charge is 0.269 e. The smallest absolute Gasteiger partial charge is 0.267 e. The summed E-state index contributed by atoms with van der Waals surface area (Å²) < 4.78 is 25.0. The third-order valence-corrected chi connectivity index (χ3v) is 5.37. The van der Waals surface area contributed by atoms with Gasteiger partial charge in [0.2, 0.25) is 10.0 Å². The molecule has 0 radical (unpaired) electrons. The van der Waals surface area contributed by atoms with Crippen LogP contribution in [0.15, 0.2) is 53.4 Å². The minimum Gasteiger partial charge on any atom is -0.267 e. The zero-order chi connectivity index (χ0) is 18.6. The van der Waals surface area contributed by atoms with E-state index in [1.54, 1.807) is 12.1 Å². The highest BCUT2D eigenvalue weighted by Crippen LogP contribution is 2.14. The van der Waals surface area contributed by atoms with Gasteiger partial charge in [-0.15, -0.1) is 0 Å². The number of carbonyl (C=O) groups is 2. The van der Waals surface area contributed by atoms with E-state index in [2.05, 4.69) is 10.9 Å². The van der Waals surface area contributed by atoms with Gasteiger partial charge in [-0.25, -0.2) is 12.7 Å². The van der Waals surface area contributed by atoms with Crippen LogP contribution < -0.4 is 10.9 Å². The number of hydrogen-bond donors (Lipinski definition) is 2. The molecular weight excluding hydrogens is 366 g/mol. The number of amides is 2. The third kappa shape index (κ3) is 4.56. The second-order valence-electron chi connectivity index (χ2n) is 5.23. The van der Waals surface area contributed by atoms with Crippen molar-refractivity contribution in [3.05, 3.63) is 64.7 Å². The first-order valence-corrected chi connectivity index (χ1v) is 8.92. The molecule has 2 amide bonds. The zero-order valence-corrected chi connectivity index (χ0v) is 15.1. The number of nitrogens with one attached hydrogen (secondary N) is 2. The van der Waals surface area contributed by atoms with Crippen LogP contribution in [0.4, 0.5) is 0 Å². The summed E-state index contributed by atoms with van der Waals surface area (Å²) in [5, 5.41) is 0.494. The maximum atomic E-state index is 12.0. The highest BCUT2D eigenvalue weighted by molar-refractivity contribution is 7.89. The van der Waals surface area contributed by atoms with Crippen LogP contribution in [0.5, 0.6) is 0 Å². The van der Waals surface area contributed by atoms with Gasteiger partial charge in [-0.05, 0) is 48.5 Å². The number of carbonyl (C=O) groups excluding carboxylic acids is 2. The predicted octanol–water partition coefficient (Wildman–Crippen LogP) is 1.67. The topological polar surface area (TPSA) is 95.6 Å². The Labute approximate surface area is 150 Å². The predicted molar refractivity (Wildman–Crippen MR) is 93.7 cm³/mol. The van der Waals surface area contributed by atoms with Crippen LogP contribution in [0.1, 0.15) is 20.7 Å². The Kier molecular flexibility index (Phi) is 5.78. The summed E-state index contributed by atoms with van der Waals surface area (Å²) in [4.78, 5) is 24.0. The Morgan fingerprint density at radius 3 is 1.64 bits per heavy atom. The second kappa shape index (κ2) is 7.64. The van der Waals surface area contributed by atoms with Gasteiger partial charge in [-0.2, -0.15) is 0 Å². The minimum atomic E-state index is -3.56. The average molecular weight is 382 g/mol. The molecule has 2 aromatic rings. The molecule has 0 fully saturated rings. The first-order valence-electron chi connectivity index (χ1n) is 7.10. The van der Waals surface area contributed by atoms with E-state index in [1.807, 2.05) is 0 Å². The van der Waals surface area contributed by atoms with Crippen LogP contribution >= 0.6 is 11.6 Å². The molecular formula is C16H16ClN3O4S. The normalized spacial score (nSPS) is 11.2. The number of halogens is 1. The number of rotatable bonds is 4. The maximum Gasteiger partial charge on any atom is 0.269 e. The van der Waals surface area contributed by atoms with Crippen LogP contribution in [0.25, 0.3) is 0 Å². The standard InChI is InChI=1S/C16H16ClN3O4S/c1-20(2)25(23,24)14-9-5-12(6-10-14)16(22)19-18-15(21)11-3-7-13(17)8-4-11/h3-10H,1-2H3,(H,18,21)(H,19,22). The monoisotopic (exact) mass is 381 g/mol. The van der Waals surface area contributed by atoms with Crippen molar-refractivity contribution in [2.45, 2.75) is 4.90 Å². The first kappa shape index (κ1) is 18.9. The van der Waals surface area contributed by atoms with Gasteiger partial charge in [-0.1, -0.05) is 11.6 Å².